The van der Waals surface area contributed by atoms with Gasteiger partial charge in [0, 0.05) is 11.6 Å². The van der Waals surface area contributed by atoms with Crippen LogP contribution in [0.2, 0.25) is 0 Å². The number of carboxylic acid groups (broad SMARTS) is 1. The number of carboxylic acids is 1. The highest BCUT2D eigenvalue weighted by Crippen LogP contribution is 2.29. The molecule has 0 amide bonds. The number of nitrogens with one attached hydrogen (secondary N) is 1. The molecule has 1 aromatic heterocycles. The third-order valence-corrected chi connectivity index (χ3v) is 2.81. The number of aryl methyl sites for hydroxylation is 1. The number of furan rings is 1. The lowest BCUT2D eigenvalue weighted by Crippen LogP contribution is -2.16. The lowest BCUT2D eigenvalue weighted by molar-refractivity contribution is 0.0659. The van der Waals surface area contributed by atoms with E-state index in [0.717, 1.165) is 5.92 Å². The molecule has 1 aliphatic rings. The molecule has 0 bridgehead atoms. The molecule has 0 aliphatic heterocycles. The van der Waals surface area contributed by atoms with E-state index in [1.807, 2.05) is 0 Å². The van der Waals surface area contributed by atoms with Crippen LogP contribution in [0, 0.1) is 12.8 Å². The first kappa shape index (κ1) is 10.2. The minimum Gasteiger partial charge on any atom is -0.475 e. The monoisotopic (exact) mass is 209 g/mol. The first-order chi connectivity index (χ1) is 7.08. The molecule has 2 unspecified atom stereocenters. The molecular formula is C11H15NO3. The molecule has 2 atom stereocenters. The smallest absolute Gasteiger partial charge is 0.372 e. The highest BCUT2D eigenvalue weighted by molar-refractivity contribution is 5.86. The molecule has 0 aromatic carbocycles. The molecule has 4 heteroatoms. The van der Waals surface area contributed by atoms with E-state index >= 15 is 0 Å². The quantitative estimate of drug-likeness (QED) is 0.793. The average molecular weight is 209 g/mol. The van der Waals surface area contributed by atoms with E-state index in [9.17, 15) is 4.79 Å². The molecule has 0 saturated heterocycles. The Hall–Kier alpha value is -1.29. The van der Waals surface area contributed by atoms with Crippen molar-refractivity contribution in [1.82, 2.24) is 5.32 Å². The molecule has 1 heterocycles. The fourth-order valence-electron chi connectivity index (χ4n) is 1.69. The molecular weight excluding hydrogens is 194 g/mol. The third kappa shape index (κ3) is 2.21. The van der Waals surface area contributed by atoms with Crippen LogP contribution < -0.4 is 5.32 Å². The summed E-state index contributed by atoms with van der Waals surface area (Å²) in [6.45, 7) is 4.55. The van der Waals surface area contributed by atoms with Crippen molar-refractivity contribution in [3.8, 4) is 0 Å². The minimum atomic E-state index is -1.00. The van der Waals surface area contributed by atoms with Crippen LogP contribution >= 0.6 is 0 Å². The highest BCUT2D eigenvalue weighted by atomic mass is 16.4. The maximum Gasteiger partial charge on any atom is 0.372 e. The topological polar surface area (TPSA) is 62.5 Å². The van der Waals surface area contributed by atoms with Gasteiger partial charge in [0.25, 0.3) is 0 Å². The number of carbonyl (C=O) groups is 1. The van der Waals surface area contributed by atoms with E-state index < -0.39 is 5.97 Å². The van der Waals surface area contributed by atoms with Crippen molar-refractivity contribution in [1.29, 1.82) is 0 Å². The predicted octanol–water partition coefficient (Wildman–Crippen LogP) is 1.78. The Labute approximate surface area is 88.3 Å². The average Bonchev–Trinajstić information content (AvgIpc) is 2.71. The van der Waals surface area contributed by atoms with Gasteiger partial charge < -0.3 is 14.8 Å². The second kappa shape index (κ2) is 3.70. The van der Waals surface area contributed by atoms with Crippen LogP contribution in [0.1, 0.15) is 35.2 Å². The Kier molecular flexibility index (Phi) is 2.52. The predicted molar refractivity (Wildman–Crippen MR) is 54.8 cm³/mol. The summed E-state index contributed by atoms with van der Waals surface area (Å²) in [7, 11) is 0. The first-order valence-corrected chi connectivity index (χ1v) is 5.14. The zero-order valence-electron chi connectivity index (χ0n) is 8.91. The van der Waals surface area contributed by atoms with E-state index in [1.165, 1.54) is 6.42 Å². The van der Waals surface area contributed by atoms with Gasteiger partial charge in [-0.25, -0.2) is 4.79 Å². The molecule has 2 rings (SSSR count). The van der Waals surface area contributed by atoms with Gasteiger partial charge in [-0.05, 0) is 25.3 Å². The molecule has 0 spiro atoms. The van der Waals surface area contributed by atoms with Gasteiger partial charge in [0.1, 0.15) is 5.76 Å². The Morgan fingerprint density at radius 1 is 1.73 bits per heavy atom. The maximum atomic E-state index is 10.7. The van der Waals surface area contributed by atoms with Gasteiger partial charge >= 0.3 is 5.97 Å². The summed E-state index contributed by atoms with van der Waals surface area (Å²) in [6.07, 6.45) is 1.20. The zero-order chi connectivity index (χ0) is 11.0. The standard InChI is InChI=1S/C11H15NO3/c1-6-4-9(6)12-5-8-3-7(2)10(15-8)11(13)14/h3,6,9,12H,4-5H2,1-2H3,(H,13,14). The fraction of sp³-hybridized carbons (Fsp3) is 0.545. The van der Waals surface area contributed by atoms with Gasteiger partial charge in [-0.3, -0.25) is 0 Å². The normalized spacial score (nSPS) is 24.1. The van der Waals surface area contributed by atoms with Crippen molar-refractivity contribution in [2.24, 2.45) is 5.92 Å². The summed E-state index contributed by atoms with van der Waals surface area (Å²) >= 11 is 0. The minimum absolute atomic E-state index is 0.0515. The summed E-state index contributed by atoms with van der Waals surface area (Å²) in [6, 6.07) is 2.35. The molecule has 82 valence electrons. The van der Waals surface area contributed by atoms with Crippen molar-refractivity contribution in [3.05, 3.63) is 23.2 Å². The van der Waals surface area contributed by atoms with Crippen molar-refractivity contribution >= 4 is 5.97 Å². The Bertz CT molecular complexity index is 383. The summed E-state index contributed by atoms with van der Waals surface area (Å²) in [5.74, 6) is 0.484. The van der Waals surface area contributed by atoms with Gasteiger partial charge in [0.2, 0.25) is 5.76 Å². The highest BCUT2D eigenvalue weighted by Gasteiger charge is 2.31. The zero-order valence-corrected chi connectivity index (χ0v) is 8.91. The number of hydrogen-bond acceptors (Lipinski definition) is 3. The van der Waals surface area contributed by atoms with Crippen LogP contribution in [0.4, 0.5) is 0 Å². The van der Waals surface area contributed by atoms with Crippen molar-refractivity contribution in [2.45, 2.75) is 32.9 Å². The lowest BCUT2D eigenvalue weighted by atomic mass is 10.2. The Balaban J connectivity index is 1.97. The molecule has 1 fully saturated rings. The van der Waals surface area contributed by atoms with Crippen LogP contribution in [-0.2, 0) is 6.54 Å². The van der Waals surface area contributed by atoms with E-state index in [1.54, 1.807) is 13.0 Å². The summed E-state index contributed by atoms with van der Waals surface area (Å²) < 4.78 is 5.23. The SMILES string of the molecule is Cc1cc(CNC2CC2C)oc1C(=O)O. The van der Waals surface area contributed by atoms with Crippen LogP contribution in [0.3, 0.4) is 0 Å². The van der Waals surface area contributed by atoms with Crippen LogP contribution in [0.5, 0.6) is 0 Å². The Morgan fingerprint density at radius 3 is 2.87 bits per heavy atom. The molecule has 1 aliphatic carbocycles. The van der Waals surface area contributed by atoms with Gasteiger partial charge in [-0.15, -0.1) is 0 Å². The number of hydrogen-bond donors (Lipinski definition) is 2. The Morgan fingerprint density at radius 2 is 2.40 bits per heavy atom. The van der Waals surface area contributed by atoms with Crippen LogP contribution in [-0.4, -0.2) is 17.1 Å². The molecule has 1 saturated carbocycles. The fourth-order valence-corrected chi connectivity index (χ4v) is 1.69. The van der Waals surface area contributed by atoms with Crippen LogP contribution in [0.25, 0.3) is 0 Å². The van der Waals surface area contributed by atoms with Crippen molar-refractivity contribution in [3.63, 3.8) is 0 Å². The van der Waals surface area contributed by atoms with Crippen LogP contribution in [0.15, 0.2) is 10.5 Å². The van der Waals surface area contributed by atoms with E-state index in [-0.39, 0.29) is 5.76 Å². The van der Waals surface area contributed by atoms with Crippen molar-refractivity contribution in [2.75, 3.05) is 0 Å². The van der Waals surface area contributed by atoms with E-state index in [2.05, 4.69) is 12.2 Å². The third-order valence-electron chi connectivity index (χ3n) is 2.81. The molecule has 2 N–H and O–H groups in total. The van der Waals surface area contributed by atoms with E-state index in [0.29, 0.717) is 23.9 Å². The molecule has 4 nitrogen and oxygen atoms in total. The second-order valence-corrected chi connectivity index (χ2v) is 4.23. The van der Waals surface area contributed by atoms with Gasteiger partial charge in [-0.2, -0.15) is 0 Å². The van der Waals surface area contributed by atoms with Crippen molar-refractivity contribution < 1.29 is 14.3 Å². The second-order valence-electron chi connectivity index (χ2n) is 4.23. The summed E-state index contributed by atoms with van der Waals surface area (Å²) in [5, 5.41) is 12.1. The number of aromatic carboxylic acids is 1. The van der Waals surface area contributed by atoms with Gasteiger partial charge in [0.15, 0.2) is 0 Å². The molecule has 1 aromatic rings. The van der Waals surface area contributed by atoms with E-state index in [4.69, 9.17) is 9.52 Å². The number of rotatable bonds is 4. The van der Waals surface area contributed by atoms with Gasteiger partial charge in [-0.1, -0.05) is 6.92 Å². The molecule has 15 heavy (non-hydrogen) atoms. The first-order valence-electron chi connectivity index (χ1n) is 5.14. The summed E-state index contributed by atoms with van der Waals surface area (Å²) in [5.41, 5.74) is 0.683. The lowest BCUT2D eigenvalue weighted by Gasteiger charge is -1.98. The molecule has 0 radical (unpaired) electrons. The maximum absolute atomic E-state index is 10.7. The summed E-state index contributed by atoms with van der Waals surface area (Å²) in [4.78, 5) is 10.7. The largest absolute Gasteiger partial charge is 0.475 e. The van der Waals surface area contributed by atoms with Gasteiger partial charge in [0.05, 0.1) is 6.54 Å².